The van der Waals surface area contributed by atoms with E-state index in [0.29, 0.717) is 10.6 Å². The van der Waals surface area contributed by atoms with Gasteiger partial charge in [-0.05, 0) is 12.1 Å². The van der Waals surface area contributed by atoms with Crippen LogP contribution in [-0.4, -0.2) is 17.6 Å². The van der Waals surface area contributed by atoms with Gasteiger partial charge in [0.15, 0.2) is 0 Å². The molecule has 16 heavy (non-hydrogen) atoms. The fourth-order valence-corrected chi connectivity index (χ4v) is 2.50. The summed E-state index contributed by atoms with van der Waals surface area (Å²) in [7, 11) is 0. The van der Waals surface area contributed by atoms with Crippen molar-refractivity contribution in [1.82, 2.24) is 0 Å². The summed E-state index contributed by atoms with van der Waals surface area (Å²) in [6.45, 7) is 0.0950. The van der Waals surface area contributed by atoms with Gasteiger partial charge in [0.05, 0.1) is 0 Å². The molecule has 0 spiro atoms. The van der Waals surface area contributed by atoms with E-state index in [1.807, 2.05) is 0 Å². The minimum absolute atomic E-state index is 0.0616. The molecule has 1 aliphatic rings. The molecule has 2 rings (SSSR count). The van der Waals surface area contributed by atoms with Crippen molar-refractivity contribution in [3.63, 3.8) is 0 Å². The van der Waals surface area contributed by atoms with E-state index < -0.39 is 11.3 Å². The highest BCUT2D eigenvalue weighted by Gasteiger charge is 2.57. The number of alkyl halides is 2. The molecule has 0 heterocycles. The van der Waals surface area contributed by atoms with Crippen LogP contribution in [0.2, 0.25) is 5.02 Å². The Hall–Kier alpha value is -0.870. The lowest BCUT2D eigenvalue weighted by molar-refractivity contribution is -0.124. The number of benzene rings is 1. The number of phenols is 1. The molecule has 1 aromatic rings. The number of phenolic OH excluding ortho intramolecular Hbond substituents is 1. The topological polar surface area (TPSA) is 46.2 Å². The van der Waals surface area contributed by atoms with E-state index in [1.54, 1.807) is 12.1 Å². The third-order valence-electron chi connectivity index (χ3n) is 3.12. The number of hydrogen-bond donors (Lipinski definition) is 2. The Morgan fingerprint density at radius 3 is 2.44 bits per heavy atom. The maximum Gasteiger partial charge on any atom is 0.250 e. The number of aromatic hydroxyl groups is 1. The minimum Gasteiger partial charge on any atom is -0.508 e. The first-order valence-corrected chi connectivity index (χ1v) is 5.33. The standard InChI is InChI=1S/C11H12ClF2NO/c12-7-1-2-8(9(16)3-7)10(6-15)4-11(13,14)5-10/h1-3,16H,4-6,15H2. The van der Waals surface area contributed by atoms with Gasteiger partial charge >= 0.3 is 0 Å². The monoisotopic (exact) mass is 247 g/mol. The summed E-state index contributed by atoms with van der Waals surface area (Å²) >= 11 is 5.69. The first-order valence-electron chi connectivity index (χ1n) is 4.95. The smallest absolute Gasteiger partial charge is 0.250 e. The van der Waals surface area contributed by atoms with Crippen LogP contribution in [0.1, 0.15) is 18.4 Å². The van der Waals surface area contributed by atoms with Gasteiger partial charge in [0, 0.05) is 35.4 Å². The summed E-state index contributed by atoms with van der Waals surface area (Å²) < 4.78 is 25.9. The Balaban J connectivity index is 2.36. The number of nitrogens with two attached hydrogens (primary N) is 1. The summed E-state index contributed by atoms with van der Waals surface area (Å²) in [5, 5.41) is 10.1. The van der Waals surface area contributed by atoms with Gasteiger partial charge in [-0.25, -0.2) is 8.78 Å². The highest BCUT2D eigenvalue weighted by molar-refractivity contribution is 6.30. The maximum absolute atomic E-state index is 13.0. The van der Waals surface area contributed by atoms with Crippen LogP contribution in [0.15, 0.2) is 18.2 Å². The molecule has 1 aliphatic carbocycles. The van der Waals surface area contributed by atoms with Crippen molar-refractivity contribution in [1.29, 1.82) is 0 Å². The molecular formula is C11H12ClF2NO. The normalized spacial score (nSPS) is 21.5. The SMILES string of the molecule is NCC1(c2ccc(Cl)cc2O)CC(F)(F)C1. The van der Waals surface area contributed by atoms with E-state index in [9.17, 15) is 13.9 Å². The van der Waals surface area contributed by atoms with E-state index >= 15 is 0 Å². The van der Waals surface area contributed by atoms with Gasteiger partial charge in [0.1, 0.15) is 5.75 Å². The fourth-order valence-electron chi connectivity index (χ4n) is 2.34. The molecule has 0 bridgehead atoms. The molecular weight excluding hydrogens is 236 g/mol. The summed E-state index contributed by atoms with van der Waals surface area (Å²) in [6, 6.07) is 4.50. The van der Waals surface area contributed by atoms with Gasteiger partial charge < -0.3 is 10.8 Å². The van der Waals surface area contributed by atoms with Crippen LogP contribution in [-0.2, 0) is 5.41 Å². The molecule has 5 heteroatoms. The van der Waals surface area contributed by atoms with Crippen LogP contribution in [0.4, 0.5) is 8.78 Å². The molecule has 0 unspecified atom stereocenters. The minimum atomic E-state index is -2.68. The Morgan fingerprint density at radius 2 is 2.00 bits per heavy atom. The molecule has 0 atom stereocenters. The Kier molecular flexibility index (Phi) is 2.59. The predicted molar refractivity (Wildman–Crippen MR) is 58.0 cm³/mol. The third kappa shape index (κ3) is 1.76. The van der Waals surface area contributed by atoms with Crippen molar-refractivity contribution >= 4 is 11.6 Å². The zero-order valence-electron chi connectivity index (χ0n) is 8.51. The average Bonchev–Trinajstić information content (AvgIpc) is 2.13. The lowest BCUT2D eigenvalue weighted by atomic mass is 9.62. The molecule has 1 aromatic carbocycles. The molecule has 1 fully saturated rings. The zero-order valence-corrected chi connectivity index (χ0v) is 9.27. The zero-order chi connectivity index (χ0) is 12.0. The van der Waals surface area contributed by atoms with Crippen molar-refractivity contribution in [2.24, 2.45) is 5.73 Å². The Labute approximate surface area is 97.0 Å². The number of hydrogen-bond acceptors (Lipinski definition) is 2. The van der Waals surface area contributed by atoms with Gasteiger partial charge in [0.2, 0.25) is 5.92 Å². The average molecular weight is 248 g/mol. The number of halogens is 3. The fraction of sp³-hybridized carbons (Fsp3) is 0.455. The molecule has 3 N–H and O–H groups in total. The molecule has 0 aromatic heterocycles. The van der Waals surface area contributed by atoms with E-state index in [1.165, 1.54) is 6.07 Å². The van der Waals surface area contributed by atoms with Crippen LogP contribution in [0.5, 0.6) is 5.75 Å². The lowest BCUT2D eigenvalue weighted by Crippen LogP contribution is -2.53. The summed E-state index contributed by atoms with van der Waals surface area (Å²) in [4.78, 5) is 0. The van der Waals surface area contributed by atoms with Gasteiger partial charge in [-0.1, -0.05) is 17.7 Å². The van der Waals surface area contributed by atoms with Crippen LogP contribution < -0.4 is 5.73 Å². The molecule has 88 valence electrons. The molecule has 0 radical (unpaired) electrons. The van der Waals surface area contributed by atoms with Gasteiger partial charge in [-0.3, -0.25) is 0 Å². The highest BCUT2D eigenvalue weighted by Crippen LogP contribution is 2.54. The van der Waals surface area contributed by atoms with Gasteiger partial charge in [-0.15, -0.1) is 0 Å². The maximum atomic E-state index is 13.0. The van der Waals surface area contributed by atoms with Crippen molar-refractivity contribution in [3.05, 3.63) is 28.8 Å². The molecule has 0 amide bonds. The third-order valence-corrected chi connectivity index (χ3v) is 3.35. The van der Waals surface area contributed by atoms with Crippen molar-refractivity contribution in [2.45, 2.75) is 24.2 Å². The molecule has 1 saturated carbocycles. The first-order chi connectivity index (χ1) is 7.38. The van der Waals surface area contributed by atoms with E-state index in [-0.39, 0.29) is 25.1 Å². The van der Waals surface area contributed by atoms with Gasteiger partial charge in [-0.2, -0.15) is 0 Å². The van der Waals surface area contributed by atoms with E-state index in [2.05, 4.69) is 0 Å². The second-order valence-corrected chi connectivity index (χ2v) is 4.79. The van der Waals surface area contributed by atoms with Crippen LogP contribution in [0.25, 0.3) is 0 Å². The highest BCUT2D eigenvalue weighted by atomic mass is 35.5. The molecule has 0 aliphatic heterocycles. The quantitative estimate of drug-likeness (QED) is 0.844. The first kappa shape index (κ1) is 11.6. The summed E-state index contributed by atoms with van der Waals surface area (Å²) in [5.41, 5.74) is 5.21. The molecule has 2 nitrogen and oxygen atoms in total. The van der Waals surface area contributed by atoms with Crippen LogP contribution in [0, 0.1) is 0 Å². The number of rotatable bonds is 2. The largest absolute Gasteiger partial charge is 0.508 e. The molecule has 0 saturated heterocycles. The van der Waals surface area contributed by atoms with Gasteiger partial charge in [0.25, 0.3) is 0 Å². The summed E-state index contributed by atoms with van der Waals surface area (Å²) in [6.07, 6.45) is -0.628. The predicted octanol–water partition coefficient (Wildman–Crippen LogP) is 2.67. The summed E-state index contributed by atoms with van der Waals surface area (Å²) in [5.74, 6) is -2.74. The van der Waals surface area contributed by atoms with E-state index in [4.69, 9.17) is 17.3 Å². The Bertz CT molecular complexity index is 414. The van der Waals surface area contributed by atoms with Crippen molar-refractivity contribution in [2.75, 3.05) is 6.54 Å². The second kappa shape index (κ2) is 3.57. The van der Waals surface area contributed by atoms with Crippen molar-refractivity contribution in [3.8, 4) is 5.75 Å². The lowest BCUT2D eigenvalue weighted by Gasteiger charge is -2.47. The van der Waals surface area contributed by atoms with Crippen LogP contribution in [0.3, 0.4) is 0 Å². The van der Waals surface area contributed by atoms with E-state index in [0.717, 1.165) is 0 Å². The van der Waals surface area contributed by atoms with Crippen molar-refractivity contribution < 1.29 is 13.9 Å². The van der Waals surface area contributed by atoms with Crippen LogP contribution >= 0.6 is 11.6 Å². The second-order valence-electron chi connectivity index (χ2n) is 4.36. The Morgan fingerprint density at radius 1 is 1.38 bits per heavy atom.